The van der Waals surface area contributed by atoms with Crippen LogP contribution in [0.5, 0.6) is 0 Å². The van der Waals surface area contributed by atoms with Crippen molar-refractivity contribution < 1.29 is 0 Å². The quantitative estimate of drug-likeness (QED) is 0.359. The van der Waals surface area contributed by atoms with Crippen LogP contribution in [-0.2, 0) is 0 Å². The van der Waals surface area contributed by atoms with Crippen LogP contribution in [0.15, 0.2) is 61.6 Å². The van der Waals surface area contributed by atoms with E-state index in [-0.39, 0.29) is 6.04 Å². The highest BCUT2D eigenvalue weighted by Crippen LogP contribution is 2.31. The van der Waals surface area contributed by atoms with Crippen molar-refractivity contribution in [1.29, 1.82) is 5.26 Å². The maximum atomic E-state index is 9.69. The van der Waals surface area contributed by atoms with Gasteiger partial charge in [0.25, 0.3) is 0 Å². The van der Waals surface area contributed by atoms with Gasteiger partial charge in [-0.25, -0.2) is 24.5 Å². The van der Waals surface area contributed by atoms with Gasteiger partial charge in [0.2, 0.25) is 0 Å². The number of hydrogen-bond acceptors (Lipinski definition) is 8. The standard InChI is InChI=1S/C27H26N10/c1-18(2)36-16-22(15-32-36)23-17-37-26(21(12-28)14-33-37)25(34-23)20-4-5-24(31-13-20)35-10-6-19(7-11-35)27-29-8-3-9-30-27/h3-5,8-9,13-19H,6-7,10-11H2,1-2H3. The number of hydrogen-bond donors (Lipinski definition) is 0. The van der Waals surface area contributed by atoms with Crippen LogP contribution in [-0.4, -0.2) is 52.4 Å². The number of aromatic nitrogens is 8. The van der Waals surface area contributed by atoms with Crippen LogP contribution in [0, 0.1) is 11.3 Å². The minimum atomic E-state index is 0.244. The molecule has 10 nitrogen and oxygen atoms in total. The van der Waals surface area contributed by atoms with Gasteiger partial charge < -0.3 is 4.90 Å². The SMILES string of the molecule is CC(C)n1cc(-c2cn3ncc(C#N)c3c(-c3ccc(N4CCC(c5ncccn5)CC4)nc3)n2)cn1. The first kappa shape index (κ1) is 22.8. The van der Waals surface area contributed by atoms with Crippen molar-refractivity contribution in [3.05, 3.63) is 73.0 Å². The number of rotatable bonds is 5. The maximum absolute atomic E-state index is 9.69. The fourth-order valence-electron chi connectivity index (χ4n) is 4.79. The predicted octanol–water partition coefficient (Wildman–Crippen LogP) is 4.28. The van der Waals surface area contributed by atoms with Crippen LogP contribution in [0.2, 0.25) is 0 Å². The van der Waals surface area contributed by atoms with E-state index in [0.29, 0.717) is 22.7 Å². The number of pyridine rings is 1. The molecule has 6 rings (SSSR count). The number of anilines is 1. The van der Waals surface area contributed by atoms with Crippen LogP contribution in [0.25, 0.3) is 28.0 Å². The molecule has 0 N–H and O–H groups in total. The third kappa shape index (κ3) is 4.29. The van der Waals surface area contributed by atoms with Crippen LogP contribution in [0.1, 0.15) is 50.0 Å². The Balaban J connectivity index is 1.30. The molecule has 5 aromatic rings. The summed E-state index contributed by atoms with van der Waals surface area (Å²) < 4.78 is 3.61. The van der Waals surface area contributed by atoms with E-state index in [1.54, 1.807) is 16.9 Å². The lowest BCUT2D eigenvalue weighted by atomic mass is 9.96. The van der Waals surface area contributed by atoms with E-state index in [1.807, 2.05) is 53.9 Å². The first-order chi connectivity index (χ1) is 18.1. The summed E-state index contributed by atoms with van der Waals surface area (Å²) in [6, 6.07) is 8.38. The molecule has 37 heavy (non-hydrogen) atoms. The van der Waals surface area contributed by atoms with Gasteiger partial charge in [-0.1, -0.05) is 0 Å². The Morgan fingerprint density at radius 1 is 0.946 bits per heavy atom. The van der Waals surface area contributed by atoms with Crippen molar-refractivity contribution in [1.82, 2.24) is 39.3 Å². The maximum Gasteiger partial charge on any atom is 0.131 e. The zero-order chi connectivity index (χ0) is 25.4. The highest BCUT2D eigenvalue weighted by molar-refractivity contribution is 5.83. The Bertz CT molecular complexity index is 1570. The lowest BCUT2D eigenvalue weighted by Gasteiger charge is -2.32. The zero-order valence-electron chi connectivity index (χ0n) is 20.7. The van der Waals surface area contributed by atoms with Crippen LogP contribution in [0.3, 0.4) is 0 Å². The molecule has 6 heterocycles. The fraction of sp³-hybridized carbons (Fsp3) is 0.296. The van der Waals surface area contributed by atoms with Gasteiger partial charge >= 0.3 is 0 Å². The molecule has 184 valence electrons. The van der Waals surface area contributed by atoms with E-state index in [1.165, 1.54) is 0 Å². The monoisotopic (exact) mass is 490 g/mol. The van der Waals surface area contributed by atoms with Crippen LogP contribution in [0.4, 0.5) is 5.82 Å². The molecule has 1 aliphatic rings. The van der Waals surface area contributed by atoms with Gasteiger partial charge in [0, 0.05) is 61.0 Å². The minimum absolute atomic E-state index is 0.244. The Kier molecular flexibility index (Phi) is 5.81. The third-order valence-corrected chi connectivity index (χ3v) is 6.83. The summed E-state index contributed by atoms with van der Waals surface area (Å²) >= 11 is 0. The fourth-order valence-corrected chi connectivity index (χ4v) is 4.79. The first-order valence-corrected chi connectivity index (χ1v) is 12.4. The lowest BCUT2D eigenvalue weighted by molar-refractivity contribution is 0.483. The van der Waals surface area contributed by atoms with Gasteiger partial charge in [0.05, 0.1) is 30.0 Å². The molecule has 0 saturated carbocycles. The normalized spacial score (nSPS) is 14.4. The van der Waals surface area contributed by atoms with Crippen molar-refractivity contribution in [2.24, 2.45) is 0 Å². The lowest BCUT2D eigenvalue weighted by Crippen LogP contribution is -2.33. The summed E-state index contributed by atoms with van der Waals surface area (Å²) in [5, 5.41) is 18.6. The summed E-state index contributed by atoms with van der Waals surface area (Å²) in [4.78, 5) is 20.9. The van der Waals surface area contributed by atoms with Crippen molar-refractivity contribution in [2.75, 3.05) is 18.0 Å². The molecule has 0 unspecified atom stereocenters. The summed E-state index contributed by atoms with van der Waals surface area (Å²) in [5.74, 6) is 2.23. The number of nitrogens with zero attached hydrogens (tertiary/aromatic N) is 10. The van der Waals surface area contributed by atoms with Gasteiger partial charge in [-0.05, 0) is 44.9 Å². The molecular formula is C27H26N10. The average Bonchev–Trinajstić information content (AvgIpc) is 3.61. The molecule has 0 spiro atoms. The van der Waals surface area contributed by atoms with E-state index >= 15 is 0 Å². The highest BCUT2D eigenvalue weighted by atomic mass is 15.3. The molecule has 0 radical (unpaired) electrons. The summed E-state index contributed by atoms with van der Waals surface area (Å²) in [5.41, 5.74) is 4.26. The van der Waals surface area contributed by atoms with Crippen molar-refractivity contribution >= 4 is 11.3 Å². The molecule has 0 atom stereocenters. The second-order valence-corrected chi connectivity index (χ2v) is 9.51. The molecule has 0 bridgehead atoms. The molecule has 0 amide bonds. The highest BCUT2D eigenvalue weighted by Gasteiger charge is 2.23. The van der Waals surface area contributed by atoms with Crippen LogP contribution >= 0.6 is 0 Å². The number of fused-ring (bicyclic) bond motifs is 1. The number of nitriles is 1. The topological polar surface area (TPSA) is 114 Å². The van der Waals surface area contributed by atoms with Gasteiger partial charge in [-0.15, -0.1) is 0 Å². The Labute approximate surface area is 214 Å². The summed E-state index contributed by atoms with van der Waals surface area (Å²) in [6.07, 6.45) is 14.6. The Morgan fingerprint density at radius 2 is 1.76 bits per heavy atom. The Morgan fingerprint density at radius 3 is 2.43 bits per heavy atom. The van der Waals surface area contributed by atoms with Crippen molar-refractivity contribution in [2.45, 2.75) is 38.6 Å². The molecular weight excluding hydrogens is 464 g/mol. The van der Waals surface area contributed by atoms with E-state index in [2.05, 4.69) is 45.0 Å². The van der Waals surface area contributed by atoms with Gasteiger partial charge in [0.15, 0.2) is 0 Å². The van der Waals surface area contributed by atoms with E-state index in [4.69, 9.17) is 9.97 Å². The van der Waals surface area contributed by atoms with E-state index < -0.39 is 0 Å². The summed E-state index contributed by atoms with van der Waals surface area (Å²) in [6.45, 7) is 5.95. The molecule has 1 aliphatic heterocycles. The molecule has 0 aromatic carbocycles. The second-order valence-electron chi connectivity index (χ2n) is 9.51. The zero-order valence-corrected chi connectivity index (χ0v) is 20.7. The average molecular weight is 491 g/mol. The smallest absolute Gasteiger partial charge is 0.131 e. The molecule has 0 aliphatic carbocycles. The largest absolute Gasteiger partial charge is 0.357 e. The second kappa shape index (κ2) is 9.43. The predicted molar refractivity (Wildman–Crippen MR) is 139 cm³/mol. The molecule has 5 aromatic heterocycles. The van der Waals surface area contributed by atoms with Crippen molar-refractivity contribution in [3.63, 3.8) is 0 Å². The summed E-state index contributed by atoms with van der Waals surface area (Å²) in [7, 11) is 0. The Hall–Kier alpha value is -4.65. The van der Waals surface area contributed by atoms with E-state index in [0.717, 1.165) is 54.4 Å². The van der Waals surface area contributed by atoms with Gasteiger partial charge in [-0.3, -0.25) is 4.68 Å². The van der Waals surface area contributed by atoms with Crippen molar-refractivity contribution in [3.8, 4) is 28.6 Å². The third-order valence-electron chi connectivity index (χ3n) is 6.83. The van der Waals surface area contributed by atoms with Gasteiger partial charge in [-0.2, -0.15) is 15.5 Å². The van der Waals surface area contributed by atoms with Crippen LogP contribution < -0.4 is 4.90 Å². The van der Waals surface area contributed by atoms with Gasteiger partial charge in [0.1, 0.15) is 28.8 Å². The minimum Gasteiger partial charge on any atom is -0.357 e. The molecule has 10 heteroatoms. The van der Waals surface area contributed by atoms with E-state index in [9.17, 15) is 5.26 Å². The molecule has 1 fully saturated rings. The first-order valence-electron chi connectivity index (χ1n) is 12.4. The number of piperidine rings is 1. The molecule has 1 saturated heterocycles.